The molecule has 0 saturated heterocycles. The highest BCUT2D eigenvalue weighted by molar-refractivity contribution is 5.00. The summed E-state index contributed by atoms with van der Waals surface area (Å²) in [4.78, 5) is 0. The van der Waals surface area contributed by atoms with Gasteiger partial charge in [0, 0.05) is 0 Å². The molecular formula is C11H22O. The van der Waals surface area contributed by atoms with Gasteiger partial charge >= 0.3 is 0 Å². The summed E-state index contributed by atoms with van der Waals surface area (Å²) in [7, 11) is 0. The fourth-order valence-electron chi connectivity index (χ4n) is 1.56. The average Bonchev–Trinajstić information content (AvgIpc) is 1.84. The molecule has 0 amide bonds. The van der Waals surface area contributed by atoms with Gasteiger partial charge in [-0.05, 0) is 25.2 Å². The zero-order valence-corrected chi connectivity index (χ0v) is 9.02. The van der Waals surface area contributed by atoms with E-state index in [1.54, 1.807) is 0 Å². The van der Waals surface area contributed by atoms with E-state index < -0.39 is 5.60 Å². The van der Waals surface area contributed by atoms with Crippen LogP contribution in [-0.4, -0.2) is 10.7 Å². The maximum absolute atomic E-state index is 10.3. The fourth-order valence-corrected chi connectivity index (χ4v) is 1.56. The van der Waals surface area contributed by atoms with Crippen molar-refractivity contribution in [2.75, 3.05) is 0 Å². The van der Waals surface area contributed by atoms with Crippen LogP contribution in [0.3, 0.4) is 0 Å². The molecule has 0 rings (SSSR count). The molecule has 0 radical (unpaired) electrons. The van der Waals surface area contributed by atoms with E-state index in [1.165, 1.54) is 0 Å². The Labute approximate surface area is 76.5 Å². The Hall–Kier alpha value is -0.300. The van der Waals surface area contributed by atoms with E-state index in [2.05, 4.69) is 34.3 Å². The van der Waals surface area contributed by atoms with Gasteiger partial charge in [-0.3, -0.25) is 0 Å². The highest BCUT2D eigenvalue weighted by Crippen LogP contribution is 2.31. The lowest BCUT2D eigenvalue weighted by molar-refractivity contribution is -0.0460. The minimum absolute atomic E-state index is 0.286. The number of hydrogen-bond acceptors (Lipinski definition) is 1. The summed E-state index contributed by atoms with van der Waals surface area (Å²) in [5, 5.41) is 10.3. The van der Waals surface area contributed by atoms with Crippen LogP contribution < -0.4 is 0 Å². The molecule has 0 aliphatic carbocycles. The number of aliphatic hydroxyl groups is 1. The highest BCUT2D eigenvalue weighted by atomic mass is 16.3. The molecule has 0 spiro atoms. The van der Waals surface area contributed by atoms with E-state index in [0.717, 1.165) is 5.57 Å². The van der Waals surface area contributed by atoms with Gasteiger partial charge in [0.05, 0.1) is 5.60 Å². The van der Waals surface area contributed by atoms with Gasteiger partial charge in [-0.15, -0.1) is 6.58 Å². The third-order valence-electron chi connectivity index (χ3n) is 2.58. The molecule has 0 saturated carbocycles. The maximum Gasteiger partial charge on any atom is 0.0729 e. The van der Waals surface area contributed by atoms with Crippen molar-refractivity contribution in [3.8, 4) is 0 Å². The summed E-state index contributed by atoms with van der Waals surface area (Å²) in [6.07, 6.45) is 0.711. The largest absolute Gasteiger partial charge is 0.389 e. The summed E-state index contributed by atoms with van der Waals surface area (Å²) >= 11 is 0. The van der Waals surface area contributed by atoms with Gasteiger partial charge in [-0.1, -0.05) is 33.3 Å². The van der Waals surface area contributed by atoms with Gasteiger partial charge in [0.25, 0.3) is 0 Å². The highest BCUT2D eigenvalue weighted by Gasteiger charge is 2.34. The molecule has 0 bridgehead atoms. The predicted molar refractivity (Wildman–Crippen MR) is 54.1 cm³/mol. The third kappa shape index (κ3) is 2.63. The predicted octanol–water partition coefficient (Wildman–Crippen LogP) is 3.00. The maximum atomic E-state index is 10.3. The van der Waals surface area contributed by atoms with Crippen LogP contribution >= 0.6 is 0 Å². The summed E-state index contributed by atoms with van der Waals surface area (Å²) in [5.74, 6) is 0.573. The van der Waals surface area contributed by atoms with Crippen molar-refractivity contribution >= 4 is 0 Å². The Morgan fingerprint density at radius 2 is 1.58 bits per heavy atom. The molecule has 1 nitrogen and oxygen atoms in total. The molecule has 0 unspecified atom stereocenters. The van der Waals surface area contributed by atoms with Crippen LogP contribution in [0.2, 0.25) is 0 Å². The fraction of sp³-hybridized carbons (Fsp3) is 0.818. The molecule has 0 aliphatic rings. The third-order valence-corrected chi connectivity index (χ3v) is 2.58. The summed E-state index contributed by atoms with van der Waals surface area (Å²) in [6, 6.07) is 0. The van der Waals surface area contributed by atoms with Crippen molar-refractivity contribution in [2.24, 2.45) is 11.8 Å². The molecule has 0 heterocycles. The minimum Gasteiger partial charge on any atom is -0.389 e. The van der Waals surface area contributed by atoms with Gasteiger partial charge < -0.3 is 5.11 Å². The summed E-state index contributed by atoms with van der Waals surface area (Å²) < 4.78 is 0. The zero-order valence-electron chi connectivity index (χ0n) is 9.02. The lowest BCUT2D eigenvalue weighted by Gasteiger charge is -2.36. The Kier molecular flexibility index (Phi) is 3.98. The lowest BCUT2D eigenvalue weighted by Crippen LogP contribution is -2.40. The molecule has 72 valence electrons. The SMILES string of the molecule is C=C(C)CC(O)(C(C)C)C(C)C. The first-order valence-corrected chi connectivity index (χ1v) is 4.67. The quantitative estimate of drug-likeness (QED) is 0.643. The topological polar surface area (TPSA) is 20.2 Å². The first kappa shape index (κ1) is 11.7. The van der Waals surface area contributed by atoms with E-state index in [-0.39, 0.29) is 11.8 Å². The van der Waals surface area contributed by atoms with Crippen molar-refractivity contribution in [2.45, 2.75) is 46.6 Å². The standard InChI is InChI=1S/C11H22O/c1-8(2)7-11(12,9(3)4)10(5)6/h9-10,12H,1,7H2,2-6H3. The average molecular weight is 170 g/mol. The van der Waals surface area contributed by atoms with Crippen molar-refractivity contribution in [3.05, 3.63) is 12.2 Å². The van der Waals surface area contributed by atoms with Crippen LogP contribution in [0.5, 0.6) is 0 Å². The van der Waals surface area contributed by atoms with Crippen LogP contribution in [0.25, 0.3) is 0 Å². The second kappa shape index (κ2) is 4.08. The van der Waals surface area contributed by atoms with Gasteiger partial charge in [0.1, 0.15) is 0 Å². The molecule has 0 aromatic heterocycles. The second-order valence-electron chi connectivity index (χ2n) is 4.43. The van der Waals surface area contributed by atoms with Gasteiger partial charge in [-0.25, -0.2) is 0 Å². The Bertz CT molecular complexity index is 148. The zero-order chi connectivity index (χ0) is 9.94. The van der Waals surface area contributed by atoms with Crippen LogP contribution in [0.1, 0.15) is 41.0 Å². The van der Waals surface area contributed by atoms with E-state index in [9.17, 15) is 5.11 Å². The molecule has 0 fully saturated rings. The first-order valence-electron chi connectivity index (χ1n) is 4.67. The van der Waals surface area contributed by atoms with Crippen molar-refractivity contribution < 1.29 is 5.11 Å². The van der Waals surface area contributed by atoms with Crippen molar-refractivity contribution in [1.29, 1.82) is 0 Å². The molecule has 0 aromatic rings. The molecule has 12 heavy (non-hydrogen) atoms. The molecule has 0 aromatic carbocycles. The summed E-state index contributed by atoms with van der Waals surface area (Å²) in [5.41, 5.74) is 0.478. The summed E-state index contributed by atoms with van der Waals surface area (Å²) in [6.45, 7) is 14.0. The number of rotatable bonds is 4. The van der Waals surface area contributed by atoms with Gasteiger partial charge in [0.15, 0.2) is 0 Å². The van der Waals surface area contributed by atoms with E-state index in [4.69, 9.17) is 0 Å². The van der Waals surface area contributed by atoms with E-state index in [1.807, 2.05) is 6.92 Å². The Morgan fingerprint density at radius 3 is 1.67 bits per heavy atom. The molecule has 0 aliphatic heterocycles. The Balaban J connectivity index is 4.51. The van der Waals surface area contributed by atoms with Crippen LogP contribution in [-0.2, 0) is 0 Å². The molecule has 1 N–H and O–H groups in total. The molecule has 1 heteroatoms. The minimum atomic E-state index is -0.578. The number of hydrogen-bond donors (Lipinski definition) is 1. The normalized spacial score (nSPS) is 12.7. The van der Waals surface area contributed by atoms with Crippen LogP contribution in [0.15, 0.2) is 12.2 Å². The second-order valence-corrected chi connectivity index (χ2v) is 4.43. The lowest BCUT2D eigenvalue weighted by atomic mass is 9.76. The van der Waals surface area contributed by atoms with Crippen LogP contribution in [0, 0.1) is 11.8 Å². The monoisotopic (exact) mass is 170 g/mol. The van der Waals surface area contributed by atoms with Crippen molar-refractivity contribution in [3.63, 3.8) is 0 Å². The Morgan fingerprint density at radius 1 is 1.25 bits per heavy atom. The smallest absolute Gasteiger partial charge is 0.0729 e. The molecular weight excluding hydrogens is 148 g/mol. The van der Waals surface area contributed by atoms with E-state index in [0.29, 0.717) is 6.42 Å². The van der Waals surface area contributed by atoms with E-state index >= 15 is 0 Å². The molecule has 0 atom stereocenters. The van der Waals surface area contributed by atoms with Crippen molar-refractivity contribution in [1.82, 2.24) is 0 Å². The van der Waals surface area contributed by atoms with Gasteiger partial charge in [0.2, 0.25) is 0 Å². The van der Waals surface area contributed by atoms with Gasteiger partial charge in [-0.2, -0.15) is 0 Å². The van der Waals surface area contributed by atoms with Crippen LogP contribution in [0.4, 0.5) is 0 Å². The first-order chi connectivity index (χ1) is 5.30.